The van der Waals surface area contributed by atoms with Gasteiger partial charge in [-0.1, -0.05) is 20.8 Å². The molecule has 2 heterocycles. The Kier molecular flexibility index (Phi) is 6.56. The molecule has 2 rings (SSSR count). The van der Waals surface area contributed by atoms with E-state index in [1.807, 2.05) is 11.8 Å². The number of ether oxygens (including phenoxy) is 3. The predicted octanol–water partition coefficient (Wildman–Crippen LogP) is 1.39. The first kappa shape index (κ1) is 18.5. The van der Waals surface area contributed by atoms with Gasteiger partial charge in [-0.3, -0.25) is 0 Å². The fourth-order valence-corrected chi connectivity index (χ4v) is 5.23. The third-order valence-corrected chi connectivity index (χ3v) is 7.03. The van der Waals surface area contributed by atoms with Crippen LogP contribution in [0.25, 0.3) is 0 Å². The molecule has 0 aromatic heterocycles. The van der Waals surface area contributed by atoms with Gasteiger partial charge in [-0.15, -0.1) is 0 Å². The van der Waals surface area contributed by atoms with Crippen molar-refractivity contribution < 1.29 is 27.2 Å². The topological polar surface area (TPSA) is 84.9 Å². The Labute approximate surface area is 137 Å². The lowest BCUT2D eigenvalue weighted by atomic mass is 10.1. The minimum atomic E-state index is -4.23. The van der Waals surface area contributed by atoms with E-state index in [4.69, 9.17) is 14.2 Å². The van der Waals surface area contributed by atoms with Crippen molar-refractivity contribution in [1.29, 1.82) is 0 Å². The summed E-state index contributed by atoms with van der Waals surface area (Å²) < 4.78 is 50.4. The first-order chi connectivity index (χ1) is 10.3. The van der Waals surface area contributed by atoms with E-state index in [-0.39, 0.29) is 31.3 Å². The monoisotopic (exact) mass is 353 g/mol. The molecule has 2 fully saturated rings. The minimum absolute atomic E-state index is 0.0905. The van der Waals surface area contributed by atoms with Gasteiger partial charge >= 0.3 is 0 Å². The van der Waals surface area contributed by atoms with Crippen LogP contribution >= 0.6 is 11.8 Å². The van der Waals surface area contributed by atoms with Crippen LogP contribution in [0, 0.1) is 0 Å². The fourth-order valence-electron chi connectivity index (χ4n) is 3.00. The van der Waals surface area contributed by atoms with Crippen molar-refractivity contribution >= 4 is 21.9 Å². The molecule has 130 valence electrons. The Bertz CT molecular complexity index is 454. The molecule has 0 N–H and O–H groups in total. The predicted molar refractivity (Wildman–Crippen MR) is 84.1 cm³/mol. The number of hydrogen-bond donors (Lipinski definition) is 0. The third kappa shape index (κ3) is 4.58. The van der Waals surface area contributed by atoms with Gasteiger partial charge in [0, 0.05) is 17.1 Å². The van der Waals surface area contributed by atoms with Crippen LogP contribution < -0.4 is 0 Å². The second kappa shape index (κ2) is 7.81. The standard InChI is InChI=1S/C14H26O6S2/c1-4-12(22(15,16)17)5-6-18-7-11-8-19-13-9(2)21-10(3)14(13)20-11/h9-14H,4-8H2,1-3H3,(H,15,16,17)/p-1. The van der Waals surface area contributed by atoms with E-state index in [1.54, 1.807) is 6.92 Å². The van der Waals surface area contributed by atoms with Gasteiger partial charge in [-0.05, 0) is 12.8 Å². The highest BCUT2D eigenvalue weighted by Crippen LogP contribution is 2.39. The maximum atomic E-state index is 11.0. The highest BCUT2D eigenvalue weighted by atomic mass is 32.2. The smallest absolute Gasteiger partial charge is 0.105 e. The first-order valence-corrected chi connectivity index (χ1v) is 10.2. The lowest BCUT2D eigenvalue weighted by Crippen LogP contribution is -2.47. The molecule has 0 saturated carbocycles. The minimum Gasteiger partial charge on any atom is -0.748 e. The third-order valence-electron chi connectivity index (χ3n) is 4.25. The van der Waals surface area contributed by atoms with Crippen molar-refractivity contribution in [3.8, 4) is 0 Å². The second-order valence-corrected chi connectivity index (χ2v) is 9.37. The summed E-state index contributed by atoms with van der Waals surface area (Å²) in [6, 6.07) is 0. The van der Waals surface area contributed by atoms with E-state index in [1.165, 1.54) is 0 Å². The Balaban J connectivity index is 1.70. The maximum absolute atomic E-state index is 11.0. The van der Waals surface area contributed by atoms with Crippen molar-refractivity contribution in [2.45, 2.75) is 67.7 Å². The quantitative estimate of drug-likeness (QED) is 0.505. The van der Waals surface area contributed by atoms with E-state index in [0.717, 1.165) is 0 Å². The van der Waals surface area contributed by atoms with Crippen molar-refractivity contribution in [3.05, 3.63) is 0 Å². The van der Waals surface area contributed by atoms with Gasteiger partial charge in [0.05, 0.1) is 40.8 Å². The van der Waals surface area contributed by atoms with Crippen molar-refractivity contribution in [2.75, 3.05) is 19.8 Å². The Morgan fingerprint density at radius 1 is 1.32 bits per heavy atom. The molecule has 22 heavy (non-hydrogen) atoms. The Morgan fingerprint density at radius 2 is 2.00 bits per heavy atom. The molecule has 6 atom stereocenters. The summed E-state index contributed by atoms with van der Waals surface area (Å²) in [7, 11) is -4.23. The summed E-state index contributed by atoms with van der Waals surface area (Å²) in [5, 5.41) is -0.0279. The van der Waals surface area contributed by atoms with Gasteiger partial charge in [0.15, 0.2) is 0 Å². The summed E-state index contributed by atoms with van der Waals surface area (Å²) in [5.74, 6) is 0. The summed E-state index contributed by atoms with van der Waals surface area (Å²) >= 11 is 1.87. The molecule has 0 bridgehead atoms. The summed E-state index contributed by atoms with van der Waals surface area (Å²) in [6.07, 6.45) is 0.650. The van der Waals surface area contributed by atoms with Crippen molar-refractivity contribution in [2.24, 2.45) is 0 Å². The molecule has 2 aliphatic rings. The number of rotatable bonds is 7. The van der Waals surface area contributed by atoms with Crippen molar-refractivity contribution in [3.63, 3.8) is 0 Å². The molecule has 2 saturated heterocycles. The Hall–Kier alpha value is 0.140. The van der Waals surface area contributed by atoms with Crippen LogP contribution in [0.2, 0.25) is 0 Å². The van der Waals surface area contributed by atoms with Crippen LogP contribution in [0.5, 0.6) is 0 Å². The van der Waals surface area contributed by atoms with E-state index in [2.05, 4.69) is 13.8 Å². The number of fused-ring (bicyclic) bond motifs is 1. The lowest BCUT2D eigenvalue weighted by molar-refractivity contribution is -0.187. The van der Waals surface area contributed by atoms with Crippen LogP contribution in [0.3, 0.4) is 0 Å². The molecule has 0 radical (unpaired) electrons. The zero-order valence-corrected chi connectivity index (χ0v) is 14.9. The van der Waals surface area contributed by atoms with E-state index >= 15 is 0 Å². The summed E-state index contributed by atoms with van der Waals surface area (Å²) in [4.78, 5) is 0. The molecule has 8 heteroatoms. The summed E-state index contributed by atoms with van der Waals surface area (Å²) in [6.45, 7) is 7.09. The first-order valence-electron chi connectivity index (χ1n) is 7.78. The average molecular weight is 353 g/mol. The number of thioether (sulfide) groups is 1. The van der Waals surface area contributed by atoms with Crippen LogP contribution in [0.15, 0.2) is 0 Å². The molecule has 6 unspecified atom stereocenters. The van der Waals surface area contributed by atoms with Crippen LogP contribution in [0.1, 0.15) is 33.6 Å². The normalized spacial score (nSPS) is 37.0. The zero-order valence-electron chi connectivity index (χ0n) is 13.3. The van der Waals surface area contributed by atoms with Crippen LogP contribution in [-0.4, -0.2) is 66.9 Å². The highest BCUT2D eigenvalue weighted by molar-refractivity contribution is 8.00. The second-order valence-electron chi connectivity index (χ2n) is 5.95. The molecule has 6 nitrogen and oxygen atoms in total. The zero-order chi connectivity index (χ0) is 16.3. The van der Waals surface area contributed by atoms with E-state index < -0.39 is 15.4 Å². The highest BCUT2D eigenvalue weighted by Gasteiger charge is 2.45. The van der Waals surface area contributed by atoms with Gasteiger partial charge < -0.3 is 18.8 Å². The van der Waals surface area contributed by atoms with Gasteiger partial charge in [0.1, 0.15) is 6.10 Å². The van der Waals surface area contributed by atoms with Crippen LogP contribution in [-0.2, 0) is 24.3 Å². The summed E-state index contributed by atoms with van der Waals surface area (Å²) in [5.41, 5.74) is 0. The van der Waals surface area contributed by atoms with Gasteiger partial charge in [0.2, 0.25) is 0 Å². The molecular formula is C14H25O6S2-. The molecule has 0 aliphatic carbocycles. The molecule has 0 spiro atoms. The SMILES string of the molecule is CCC(CCOCC1COC2C(C)SC(C)C2O1)S(=O)(=O)[O-]. The average Bonchev–Trinajstić information content (AvgIpc) is 2.72. The van der Waals surface area contributed by atoms with Gasteiger partial charge in [-0.25, -0.2) is 8.42 Å². The molecular weight excluding hydrogens is 328 g/mol. The molecule has 2 aliphatic heterocycles. The molecule has 0 aromatic carbocycles. The maximum Gasteiger partial charge on any atom is 0.105 e. The largest absolute Gasteiger partial charge is 0.748 e. The van der Waals surface area contributed by atoms with E-state index in [0.29, 0.717) is 30.1 Å². The number of hydrogen-bond acceptors (Lipinski definition) is 7. The van der Waals surface area contributed by atoms with Crippen LogP contribution in [0.4, 0.5) is 0 Å². The van der Waals surface area contributed by atoms with Gasteiger partial charge in [0.25, 0.3) is 0 Å². The van der Waals surface area contributed by atoms with Gasteiger partial charge in [-0.2, -0.15) is 11.8 Å². The Morgan fingerprint density at radius 3 is 2.64 bits per heavy atom. The fraction of sp³-hybridized carbons (Fsp3) is 1.00. The molecule has 0 aromatic rings. The van der Waals surface area contributed by atoms with Crippen molar-refractivity contribution in [1.82, 2.24) is 0 Å². The molecule has 0 amide bonds. The van der Waals surface area contributed by atoms with E-state index in [9.17, 15) is 13.0 Å². The lowest BCUT2D eigenvalue weighted by Gasteiger charge is -2.35.